The first kappa shape index (κ1) is 22.7. The Morgan fingerprint density at radius 2 is 1.56 bits per heavy atom. The van der Waals surface area contributed by atoms with Crippen molar-refractivity contribution in [3.8, 4) is 16.9 Å². The van der Waals surface area contributed by atoms with Crippen molar-refractivity contribution in [3.63, 3.8) is 0 Å². The molecule has 34 heavy (non-hydrogen) atoms. The van der Waals surface area contributed by atoms with Crippen LogP contribution in [0, 0.1) is 0 Å². The van der Waals surface area contributed by atoms with Gasteiger partial charge in [-0.25, -0.2) is 0 Å². The van der Waals surface area contributed by atoms with Crippen molar-refractivity contribution in [2.45, 2.75) is 38.6 Å². The van der Waals surface area contributed by atoms with E-state index in [4.69, 9.17) is 4.74 Å². The van der Waals surface area contributed by atoms with E-state index in [1.807, 2.05) is 35.2 Å². The SMILES string of the molecule is CCCCCCOc1ccc2c(c1)-c1ccccc1C2N1CCN(C(=O)c2ccccc2)CC1. The van der Waals surface area contributed by atoms with E-state index in [1.165, 1.54) is 41.5 Å². The van der Waals surface area contributed by atoms with E-state index in [2.05, 4.69) is 54.3 Å². The molecule has 2 aliphatic rings. The molecule has 1 saturated heterocycles. The second-order valence-corrected chi connectivity index (χ2v) is 9.34. The third-order valence-corrected chi connectivity index (χ3v) is 7.12. The van der Waals surface area contributed by atoms with Crippen molar-refractivity contribution in [1.82, 2.24) is 9.80 Å². The summed E-state index contributed by atoms with van der Waals surface area (Å²) in [7, 11) is 0. The quantitative estimate of drug-likeness (QED) is 0.381. The van der Waals surface area contributed by atoms with Crippen molar-refractivity contribution < 1.29 is 9.53 Å². The molecular weight excluding hydrogens is 420 g/mol. The normalized spacial score (nSPS) is 17.3. The minimum Gasteiger partial charge on any atom is -0.494 e. The number of carbonyl (C=O) groups excluding carboxylic acids is 1. The summed E-state index contributed by atoms with van der Waals surface area (Å²) in [6.07, 6.45) is 4.85. The topological polar surface area (TPSA) is 32.8 Å². The van der Waals surface area contributed by atoms with Crippen LogP contribution >= 0.6 is 0 Å². The van der Waals surface area contributed by atoms with Gasteiger partial charge in [0.25, 0.3) is 5.91 Å². The second kappa shape index (κ2) is 10.4. The average Bonchev–Trinajstić information content (AvgIpc) is 3.22. The van der Waals surface area contributed by atoms with Crippen molar-refractivity contribution in [2.24, 2.45) is 0 Å². The molecule has 1 aliphatic carbocycles. The number of piperazine rings is 1. The molecule has 1 unspecified atom stereocenters. The molecule has 0 aromatic heterocycles. The molecule has 4 nitrogen and oxygen atoms in total. The Morgan fingerprint density at radius 1 is 0.824 bits per heavy atom. The van der Waals surface area contributed by atoms with Gasteiger partial charge in [-0.05, 0) is 52.9 Å². The van der Waals surface area contributed by atoms with Crippen LogP contribution in [0.2, 0.25) is 0 Å². The van der Waals surface area contributed by atoms with E-state index >= 15 is 0 Å². The molecule has 0 radical (unpaired) electrons. The monoisotopic (exact) mass is 454 g/mol. The fourth-order valence-electron chi connectivity index (χ4n) is 5.30. The first-order valence-electron chi connectivity index (χ1n) is 12.7. The Hall–Kier alpha value is -3.11. The third-order valence-electron chi connectivity index (χ3n) is 7.12. The van der Waals surface area contributed by atoms with E-state index in [-0.39, 0.29) is 11.9 Å². The highest BCUT2D eigenvalue weighted by atomic mass is 16.5. The molecular formula is C30H34N2O2. The van der Waals surface area contributed by atoms with Gasteiger partial charge in [-0.1, -0.05) is 74.7 Å². The van der Waals surface area contributed by atoms with E-state index < -0.39 is 0 Å². The maximum absolute atomic E-state index is 12.9. The Bertz CT molecular complexity index is 1120. The Balaban J connectivity index is 1.30. The molecule has 3 aromatic carbocycles. The zero-order chi connectivity index (χ0) is 23.3. The molecule has 0 saturated carbocycles. The zero-order valence-corrected chi connectivity index (χ0v) is 20.1. The van der Waals surface area contributed by atoms with Crippen LogP contribution in [0.5, 0.6) is 5.75 Å². The molecule has 0 bridgehead atoms. The number of nitrogens with zero attached hydrogens (tertiary/aromatic N) is 2. The second-order valence-electron chi connectivity index (χ2n) is 9.34. The number of unbranched alkanes of at least 4 members (excludes halogenated alkanes) is 3. The summed E-state index contributed by atoms with van der Waals surface area (Å²) in [6, 6.07) is 25.2. The fraction of sp³-hybridized carbons (Fsp3) is 0.367. The number of benzene rings is 3. The average molecular weight is 455 g/mol. The largest absolute Gasteiger partial charge is 0.494 e. The lowest BCUT2D eigenvalue weighted by atomic mass is 10.0. The zero-order valence-electron chi connectivity index (χ0n) is 20.1. The van der Waals surface area contributed by atoms with Gasteiger partial charge >= 0.3 is 0 Å². The molecule has 5 rings (SSSR count). The highest BCUT2D eigenvalue weighted by molar-refractivity contribution is 5.94. The summed E-state index contributed by atoms with van der Waals surface area (Å²) in [5.74, 6) is 1.09. The summed E-state index contributed by atoms with van der Waals surface area (Å²) in [4.78, 5) is 17.4. The molecule has 1 heterocycles. The number of hydrogen-bond acceptors (Lipinski definition) is 3. The minimum absolute atomic E-state index is 0.133. The third kappa shape index (κ3) is 4.60. The first-order valence-corrected chi connectivity index (χ1v) is 12.7. The number of rotatable bonds is 8. The molecule has 1 atom stereocenters. The summed E-state index contributed by atoms with van der Waals surface area (Å²) >= 11 is 0. The molecule has 1 amide bonds. The maximum atomic E-state index is 12.9. The van der Waals surface area contributed by atoms with Crippen LogP contribution in [-0.2, 0) is 0 Å². The summed E-state index contributed by atoms with van der Waals surface area (Å²) in [5.41, 5.74) is 6.08. The van der Waals surface area contributed by atoms with E-state index in [0.29, 0.717) is 0 Å². The predicted octanol–water partition coefficient (Wildman–Crippen LogP) is 6.17. The number of amides is 1. The molecule has 1 aliphatic heterocycles. The van der Waals surface area contributed by atoms with Gasteiger partial charge in [0, 0.05) is 31.7 Å². The fourth-order valence-corrected chi connectivity index (χ4v) is 5.30. The van der Waals surface area contributed by atoms with Crippen LogP contribution < -0.4 is 4.74 Å². The van der Waals surface area contributed by atoms with Gasteiger partial charge in [0.05, 0.1) is 12.6 Å². The van der Waals surface area contributed by atoms with Gasteiger partial charge in [-0.3, -0.25) is 9.69 Å². The summed E-state index contributed by atoms with van der Waals surface area (Å²) in [5, 5.41) is 0. The number of hydrogen-bond donors (Lipinski definition) is 0. The van der Waals surface area contributed by atoms with Crippen LogP contribution in [0.4, 0.5) is 0 Å². The van der Waals surface area contributed by atoms with Gasteiger partial charge < -0.3 is 9.64 Å². The number of ether oxygens (including phenoxy) is 1. The molecule has 0 spiro atoms. The lowest BCUT2D eigenvalue weighted by Crippen LogP contribution is -2.49. The lowest BCUT2D eigenvalue weighted by molar-refractivity contribution is 0.0600. The molecule has 3 aromatic rings. The Labute approximate surface area is 203 Å². The molecule has 0 N–H and O–H groups in total. The lowest BCUT2D eigenvalue weighted by Gasteiger charge is -2.38. The highest BCUT2D eigenvalue weighted by Crippen LogP contribution is 2.47. The van der Waals surface area contributed by atoms with Crippen LogP contribution in [0.15, 0.2) is 72.8 Å². The minimum atomic E-state index is 0.133. The number of carbonyl (C=O) groups is 1. The van der Waals surface area contributed by atoms with Gasteiger partial charge in [-0.15, -0.1) is 0 Å². The smallest absolute Gasteiger partial charge is 0.253 e. The standard InChI is InChI=1S/C30H34N2O2/c1-2-3-4-10-21-34-24-15-16-27-28(22-24)25-13-8-9-14-26(25)29(27)31-17-19-32(20-18-31)30(33)23-11-6-5-7-12-23/h5-9,11-16,22,29H,2-4,10,17-21H2,1H3. The van der Waals surface area contributed by atoms with Crippen molar-refractivity contribution in [3.05, 3.63) is 89.5 Å². The van der Waals surface area contributed by atoms with Crippen molar-refractivity contribution in [2.75, 3.05) is 32.8 Å². The summed E-state index contributed by atoms with van der Waals surface area (Å²) in [6.45, 7) is 6.25. The van der Waals surface area contributed by atoms with Gasteiger partial charge in [0.2, 0.25) is 0 Å². The van der Waals surface area contributed by atoms with E-state index in [1.54, 1.807) is 0 Å². The van der Waals surface area contributed by atoms with Crippen molar-refractivity contribution in [1.29, 1.82) is 0 Å². The van der Waals surface area contributed by atoms with Crippen LogP contribution in [-0.4, -0.2) is 48.5 Å². The molecule has 4 heteroatoms. The maximum Gasteiger partial charge on any atom is 0.253 e. The van der Waals surface area contributed by atoms with Crippen LogP contribution in [0.3, 0.4) is 0 Å². The predicted molar refractivity (Wildman–Crippen MR) is 137 cm³/mol. The molecule has 176 valence electrons. The molecule has 1 fully saturated rings. The van der Waals surface area contributed by atoms with Gasteiger partial charge in [0.1, 0.15) is 5.75 Å². The van der Waals surface area contributed by atoms with E-state index in [0.717, 1.165) is 50.5 Å². The van der Waals surface area contributed by atoms with Crippen LogP contribution in [0.25, 0.3) is 11.1 Å². The van der Waals surface area contributed by atoms with Gasteiger partial charge in [-0.2, -0.15) is 0 Å². The Morgan fingerprint density at radius 3 is 2.35 bits per heavy atom. The number of fused-ring (bicyclic) bond motifs is 3. The Kier molecular flexibility index (Phi) is 6.96. The van der Waals surface area contributed by atoms with Crippen molar-refractivity contribution >= 4 is 5.91 Å². The summed E-state index contributed by atoms with van der Waals surface area (Å²) < 4.78 is 6.10. The highest BCUT2D eigenvalue weighted by Gasteiger charge is 2.35. The van der Waals surface area contributed by atoms with Crippen LogP contribution in [0.1, 0.15) is 60.1 Å². The van der Waals surface area contributed by atoms with E-state index in [9.17, 15) is 4.79 Å². The first-order chi connectivity index (χ1) is 16.8. The van der Waals surface area contributed by atoms with Gasteiger partial charge in [0.15, 0.2) is 0 Å².